The van der Waals surface area contributed by atoms with E-state index in [0.717, 1.165) is 10.7 Å². The quantitative estimate of drug-likeness (QED) is 0.913. The Morgan fingerprint density at radius 2 is 2.11 bits per heavy atom. The minimum Gasteiger partial charge on any atom is -0.481 e. The number of carbonyl (C=O) groups is 2. The maximum Gasteiger partial charge on any atom is 0.307 e. The monoisotopic (exact) mass is 282 g/mol. The molecule has 104 valence electrons. The van der Waals surface area contributed by atoms with Gasteiger partial charge < -0.3 is 10.0 Å². The summed E-state index contributed by atoms with van der Waals surface area (Å²) in [7, 11) is 1.70. The number of hydrogen-bond acceptors (Lipinski definition) is 4. The van der Waals surface area contributed by atoms with Crippen LogP contribution in [-0.4, -0.2) is 33.9 Å². The van der Waals surface area contributed by atoms with Crippen LogP contribution in [0.3, 0.4) is 0 Å². The maximum absolute atomic E-state index is 12.3. The molecule has 2 rings (SSSR count). The second-order valence-corrected chi connectivity index (χ2v) is 6.73. The molecule has 1 aliphatic carbocycles. The average molecular weight is 282 g/mol. The number of carbonyl (C=O) groups excluding carboxylic acids is 1. The van der Waals surface area contributed by atoms with Crippen molar-refractivity contribution in [2.24, 2.45) is 17.3 Å². The molecule has 6 heteroatoms. The number of carboxylic acid groups (broad SMARTS) is 1. The van der Waals surface area contributed by atoms with Gasteiger partial charge in [-0.2, -0.15) is 0 Å². The molecule has 2 atom stereocenters. The van der Waals surface area contributed by atoms with Crippen LogP contribution >= 0.6 is 11.3 Å². The zero-order valence-corrected chi connectivity index (χ0v) is 12.3. The van der Waals surface area contributed by atoms with Crippen molar-refractivity contribution in [2.75, 3.05) is 7.05 Å². The van der Waals surface area contributed by atoms with E-state index in [1.165, 1.54) is 0 Å². The smallest absolute Gasteiger partial charge is 0.307 e. The molecule has 1 heterocycles. The lowest BCUT2D eigenvalue weighted by Crippen LogP contribution is -2.29. The molecule has 0 saturated heterocycles. The molecular weight excluding hydrogens is 264 g/mol. The molecule has 1 saturated carbocycles. The van der Waals surface area contributed by atoms with Crippen LogP contribution in [0.15, 0.2) is 5.38 Å². The number of aryl methyl sites for hydroxylation is 1. The maximum atomic E-state index is 12.3. The molecule has 0 spiro atoms. The summed E-state index contributed by atoms with van der Waals surface area (Å²) < 4.78 is 0. The summed E-state index contributed by atoms with van der Waals surface area (Å²) in [6.45, 7) is 6.01. The van der Waals surface area contributed by atoms with Gasteiger partial charge in [0.15, 0.2) is 0 Å². The second kappa shape index (κ2) is 4.59. The highest BCUT2D eigenvalue weighted by Gasteiger charge is 2.66. The molecule has 1 fully saturated rings. The molecule has 1 amide bonds. The summed E-state index contributed by atoms with van der Waals surface area (Å²) in [5, 5.41) is 12.0. The number of aromatic nitrogens is 1. The molecule has 5 nitrogen and oxygen atoms in total. The zero-order chi connectivity index (χ0) is 14.4. The molecule has 1 aromatic heterocycles. The Kier molecular flexibility index (Phi) is 3.38. The van der Waals surface area contributed by atoms with Gasteiger partial charge in [-0.15, -0.1) is 11.3 Å². The third-order valence-corrected chi connectivity index (χ3v) is 4.62. The van der Waals surface area contributed by atoms with Gasteiger partial charge in [0.25, 0.3) is 0 Å². The van der Waals surface area contributed by atoms with Crippen molar-refractivity contribution in [3.8, 4) is 0 Å². The lowest BCUT2D eigenvalue weighted by molar-refractivity contribution is -0.141. The van der Waals surface area contributed by atoms with Crippen molar-refractivity contribution in [3.63, 3.8) is 0 Å². The summed E-state index contributed by atoms with van der Waals surface area (Å²) in [5.41, 5.74) is 0.401. The summed E-state index contributed by atoms with van der Waals surface area (Å²) in [6, 6.07) is 0. The van der Waals surface area contributed by atoms with Crippen LogP contribution in [0.4, 0.5) is 0 Å². The minimum absolute atomic E-state index is 0.108. The second-order valence-electron chi connectivity index (χ2n) is 5.67. The van der Waals surface area contributed by atoms with Gasteiger partial charge in [-0.3, -0.25) is 9.59 Å². The van der Waals surface area contributed by atoms with Gasteiger partial charge in [0.05, 0.1) is 29.1 Å². The average Bonchev–Trinajstić information content (AvgIpc) is 2.63. The van der Waals surface area contributed by atoms with E-state index >= 15 is 0 Å². The van der Waals surface area contributed by atoms with Crippen molar-refractivity contribution in [1.82, 2.24) is 9.88 Å². The van der Waals surface area contributed by atoms with E-state index in [0.29, 0.717) is 6.54 Å². The summed E-state index contributed by atoms with van der Waals surface area (Å²) in [4.78, 5) is 29.3. The number of carboxylic acids is 1. The summed E-state index contributed by atoms with van der Waals surface area (Å²) in [5.74, 6) is -1.99. The van der Waals surface area contributed by atoms with Gasteiger partial charge in [0, 0.05) is 12.4 Å². The van der Waals surface area contributed by atoms with Gasteiger partial charge >= 0.3 is 5.97 Å². The number of thiazole rings is 1. The highest BCUT2D eigenvalue weighted by Crippen LogP contribution is 2.58. The summed E-state index contributed by atoms with van der Waals surface area (Å²) in [6.07, 6.45) is 0. The fourth-order valence-electron chi connectivity index (χ4n) is 2.60. The number of rotatable bonds is 4. The number of nitrogens with zero attached hydrogens (tertiary/aromatic N) is 2. The van der Waals surface area contributed by atoms with E-state index in [1.54, 1.807) is 23.3 Å². The lowest BCUT2D eigenvalue weighted by Gasteiger charge is -2.16. The lowest BCUT2D eigenvalue weighted by atomic mass is 10.1. The van der Waals surface area contributed by atoms with Crippen LogP contribution in [0.5, 0.6) is 0 Å². The van der Waals surface area contributed by atoms with Gasteiger partial charge in [0.1, 0.15) is 0 Å². The van der Waals surface area contributed by atoms with Crippen molar-refractivity contribution in [1.29, 1.82) is 0 Å². The van der Waals surface area contributed by atoms with E-state index in [2.05, 4.69) is 4.98 Å². The molecule has 0 aliphatic heterocycles. The first-order chi connectivity index (χ1) is 8.75. The van der Waals surface area contributed by atoms with Crippen molar-refractivity contribution in [2.45, 2.75) is 27.3 Å². The molecule has 1 aliphatic rings. The Morgan fingerprint density at radius 1 is 1.47 bits per heavy atom. The first kappa shape index (κ1) is 14.0. The van der Waals surface area contributed by atoms with Crippen LogP contribution in [0.1, 0.15) is 24.5 Å². The molecule has 0 bridgehead atoms. The van der Waals surface area contributed by atoms with Gasteiger partial charge in [0.2, 0.25) is 5.91 Å². The largest absolute Gasteiger partial charge is 0.481 e. The predicted octanol–water partition coefficient (Wildman–Crippen LogP) is 1.77. The standard InChI is InChI=1S/C13H18N2O3S/c1-7-14-8(6-19-7)5-15(4)11(16)9-10(12(17)18)13(9,2)3/h6,9-10H,5H2,1-4H3,(H,17,18). The molecule has 1 aromatic rings. The summed E-state index contributed by atoms with van der Waals surface area (Å²) >= 11 is 1.54. The van der Waals surface area contributed by atoms with Crippen LogP contribution in [-0.2, 0) is 16.1 Å². The van der Waals surface area contributed by atoms with Crippen LogP contribution in [0.2, 0.25) is 0 Å². The highest BCUT2D eigenvalue weighted by molar-refractivity contribution is 7.09. The third-order valence-electron chi connectivity index (χ3n) is 3.80. The molecule has 2 unspecified atom stereocenters. The van der Waals surface area contributed by atoms with Gasteiger partial charge in [-0.25, -0.2) is 4.98 Å². The molecule has 0 aromatic carbocycles. The highest BCUT2D eigenvalue weighted by atomic mass is 32.1. The molecule has 0 radical (unpaired) electrons. The van der Waals surface area contributed by atoms with Crippen molar-refractivity contribution < 1.29 is 14.7 Å². The third kappa shape index (κ3) is 2.49. The first-order valence-electron chi connectivity index (χ1n) is 6.14. The van der Waals surface area contributed by atoms with E-state index < -0.39 is 23.2 Å². The van der Waals surface area contributed by atoms with E-state index in [-0.39, 0.29) is 5.91 Å². The van der Waals surface area contributed by atoms with Crippen LogP contribution < -0.4 is 0 Å². The van der Waals surface area contributed by atoms with Crippen molar-refractivity contribution >= 4 is 23.2 Å². The Bertz CT molecular complexity index is 524. The SMILES string of the molecule is Cc1nc(CN(C)C(=O)C2C(C(=O)O)C2(C)C)cs1. The zero-order valence-electron chi connectivity index (χ0n) is 11.5. The van der Waals surface area contributed by atoms with Crippen molar-refractivity contribution in [3.05, 3.63) is 16.1 Å². The molecule has 19 heavy (non-hydrogen) atoms. The Morgan fingerprint density at radius 3 is 2.53 bits per heavy atom. The topological polar surface area (TPSA) is 70.5 Å². The minimum atomic E-state index is -0.888. The van der Waals surface area contributed by atoms with Gasteiger partial charge in [-0.1, -0.05) is 13.8 Å². The molecular formula is C13H18N2O3S. The number of hydrogen-bond donors (Lipinski definition) is 1. The Hall–Kier alpha value is -1.43. The van der Waals surface area contributed by atoms with Crippen LogP contribution in [0, 0.1) is 24.2 Å². The van der Waals surface area contributed by atoms with E-state index in [1.807, 2.05) is 26.2 Å². The van der Waals surface area contributed by atoms with Gasteiger partial charge in [-0.05, 0) is 12.3 Å². The number of aliphatic carboxylic acids is 1. The normalized spacial score (nSPS) is 24.0. The molecule has 1 N–H and O–H groups in total. The Labute approximate surface area is 116 Å². The fourth-order valence-corrected chi connectivity index (χ4v) is 3.20. The first-order valence-corrected chi connectivity index (χ1v) is 7.02. The predicted molar refractivity (Wildman–Crippen MR) is 71.7 cm³/mol. The van der Waals surface area contributed by atoms with E-state index in [4.69, 9.17) is 5.11 Å². The van der Waals surface area contributed by atoms with Crippen LogP contribution in [0.25, 0.3) is 0 Å². The fraction of sp³-hybridized carbons (Fsp3) is 0.615. The van der Waals surface area contributed by atoms with E-state index in [9.17, 15) is 9.59 Å². The Balaban J connectivity index is 2.03. The number of amides is 1.